The van der Waals surface area contributed by atoms with Crippen LogP contribution in [0.3, 0.4) is 0 Å². The van der Waals surface area contributed by atoms with Crippen molar-refractivity contribution in [2.75, 3.05) is 18.9 Å². The number of aryl methyl sites for hydroxylation is 1. The first-order chi connectivity index (χ1) is 12.8. The zero-order valence-corrected chi connectivity index (χ0v) is 16.8. The van der Waals surface area contributed by atoms with Crippen molar-refractivity contribution < 1.29 is 13.2 Å². The van der Waals surface area contributed by atoms with E-state index in [1.807, 2.05) is 37.3 Å². The Kier molecular flexibility index (Phi) is 5.45. The maximum absolute atomic E-state index is 12.4. The molecule has 0 fully saturated rings. The first kappa shape index (κ1) is 19.3. The highest BCUT2D eigenvalue weighted by atomic mass is 32.2. The van der Waals surface area contributed by atoms with E-state index in [9.17, 15) is 13.2 Å². The van der Waals surface area contributed by atoms with Gasteiger partial charge in [0.05, 0.1) is 29.3 Å². The maximum Gasteiger partial charge on any atom is 0.252 e. The molecule has 1 N–H and O–H groups in total. The van der Waals surface area contributed by atoms with E-state index >= 15 is 0 Å². The first-order valence-electron chi connectivity index (χ1n) is 8.22. The smallest absolute Gasteiger partial charge is 0.252 e. The highest BCUT2D eigenvalue weighted by Gasteiger charge is 2.24. The van der Waals surface area contributed by atoms with E-state index in [-0.39, 0.29) is 10.8 Å². The summed E-state index contributed by atoms with van der Waals surface area (Å²) in [5.74, 6) is -0.420. The SMILES string of the molecule is Cc1nn(-c2ccccc2)c(C)c1NC(=O)CN(C)S(=O)(=O)c1cccs1. The molecule has 27 heavy (non-hydrogen) atoms. The number of likely N-dealkylation sites (N-methyl/N-ethyl adjacent to an activating group) is 1. The third-order valence-electron chi connectivity index (χ3n) is 4.08. The molecule has 2 aromatic heterocycles. The number of carbonyl (C=O) groups excluding carboxylic acids is 1. The minimum atomic E-state index is -3.67. The number of amides is 1. The molecule has 0 saturated heterocycles. The van der Waals surface area contributed by atoms with E-state index in [2.05, 4.69) is 10.4 Å². The standard InChI is InChI=1S/C18H20N4O3S2/c1-13-18(14(2)22(20-13)15-8-5-4-6-9-15)19-16(23)12-21(3)27(24,25)17-10-7-11-26-17/h4-11H,12H2,1-3H3,(H,19,23). The number of sulfonamides is 1. The molecule has 0 atom stereocenters. The monoisotopic (exact) mass is 404 g/mol. The number of rotatable bonds is 6. The fourth-order valence-electron chi connectivity index (χ4n) is 2.67. The second-order valence-electron chi connectivity index (χ2n) is 6.03. The Morgan fingerprint density at radius 2 is 1.89 bits per heavy atom. The Morgan fingerprint density at radius 1 is 1.19 bits per heavy atom. The van der Waals surface area contributed by atoms with E-state index in [0.29, 0.717) is 11.4 Å². The second-order valence-corrected chi connectivity index (χ2v) is 9.25. The van der Waals surface area contributed by atoms with Crippen LogP contribution in [-0.4, -0.2) is 42.0 Å². The number of nitrogens with zero attached hydrogens (tertiary/aromatic N) is 3. The number of hydrogen-bond donors (Lipinski definition) is 1. The van der Waals surface area contributed by atoms with Crippen molar-refractivity contribution in [3.8, 4) is 5.69 Å². The van der Waals surface area contributed by atoms with Gasteiger partial charge in [-0.15, -0.1) is 11.3 Å². The molecule has 0 bridgehead atoms. The van der Waals surface area contributed by atoms with Crippen LogP contribution in [0.4, 0.5) is 5.69 Å². The zero-order valence-electron chi connectivity index (χ0n) is 15.2. The molecule has 7 nitrogen and oxygen atoms in total. The van der Waals surface area contributed by atoms with Gasteiger partial charge in [-0.3, -0.25) is 4.79 Å². The summed E-state index contributed by atoms with van der Waals surface area (Å²) in [5, 5.41) is 8.95. The molecule has 0 aliphatic carbocycles. The summed E-state index contributed by atoms with van der Waals surface area (Å²) in [4.78, 5) is 12.4. The molecule has 0 radical (unpaired) electrons. The molecule has 142 valence electrons. The van der Waals surface area contributed by atoms with Crippen LogP contribution in [0.15, 0.2) is 52.1 Å². The van der Waals surface area contributed by atoms with Gasteiger partial charge >= 0.3 is 0 Å². The highest BCUT2D eigenvalue weighted by molar-refractivity contribution is 7.91. The quantitative estimate of drug-likeness (QED) is 0.685. The minimum absolute atomic E-state index is 0.210. The second kappa shape index (κ2) is 7.63. The lowest BCUT2D eigenvalue weighted by molar-refractivity contribution is -0.116. The van der Waals surface area contributed by atoms with Gasteiger partial charge in [0.15, 0.2) is 0 Å². The van der Waals surface area contributed by atoms with E-state index in [1.54, 1.807) is 23.1 Å². The lowest BCUT2D eigenvalue weighted by atomic mass is 10.3. The summed E-state index contributed by atoms with van der Waals surface area (Å²) in [5.41, 5.74) is 2.91. The average Bonchev–Trinajstić information content (AvgIpc) is 3.27. The number of nitrogens with one attached hydrogen (secondary N) is 1. The van der Waals surface area contributed by atoms with Crippen molar-refractivity contribution in [1.82, 2.24) is 14.1 Å². The largest absolute Gasteiger partial charge is 0.322 e. The van der Waals surface area contributed by atoms with Crippen molar-refractivity contribution in [2.24, 2.45) is 0 Å². The van der Waals surface area contributed by atoms with Crippen molar-refractivity contribution in [3.63, 3.8) is 0 Å². The van der Waals surface area contributed by atoms with Crippen LogP contribution >= 0.6 is 11.3 Å². The Balaban J connectivity index is 1.76. The number of benzene rings is 1. The van der Waals surface area contributed by atoms with Crippen LogP contribution in [0.5, 0.6) is 0 Å². The van der Waals surface area contributed by atoms with Crippen LogP contribution in [0.2, 0.25) is 0 Å². The molecule has 1 amide bonds. The summed E-state index contributed by atoms with van der Waals surface area (Å²) in [6.07, 6.45) is 0. The fourth-order valence-corrected chi connectivity index (χ4v) is 5.00. The normalized spacial score (nSPS) is 11.7. The molecule has 3 rings (SSSR count). The van der Waals surface area contributed by atoms with Crippen LogP contribution < -0.4 is 5.32 Å². The van der Waals surface area contributed by atoms with Gasteiger partial charge in [-0.1, -0.05) is 24.3 Å². The summed E-state index contributed by atoms with van der Waals surface area (Å²) in [6.45, 7) is 3.37. The van der Waals surface area contributed by atoms with Gasteiger partial charge in [-0.2, -0.15) is 9.40 Å². The molecule has 1 aromatic carbocycles. The molecular formula is C18H20N4O3S2. The number of hydrogen-bond acceptors (Lipinski definition) is 5. The Labute approximate surface area is 162 Å². The number of aromatic nitrogens is 2. The van der Waals surface area contributed by atoms with E-state index in [4.69, 9.17) is 0 Å². The molecule has 3 aromatic rings. The van der Waals surface area contributed by atoms with Crippen LogP contribution in [-0.2, 0) is 14.8 Å². The molecule has 0 spiro atoms. The predicted molar refractivity (Wildman–Crippen MR) is 106 cm³/mol. The summed E-state index contributed by atoms with van der Waals surface area (Å²) < 4.78 is 27.9. The van der Waals surface area contributed by atoms with E-state index < -0.39 is 15.9 Å². The molecule has 0 saturated carbocycles. The van der Waals surface area contributed by atoms with Crippen LogP contribution in [0.25, 0.3) is 5.69 Å². The van der Waals surface area contributed by atoms with Gasteiger partial charge in [0, 0.05) is 7.05 Å². The van der Waals surface area contributed by atoms with Crippen LogP contribution in [0.1, 0.15) is 11.4 Å². The maximum atomic E-state index is 12.4. The van der Waals surface area contributed by atoms with Crippen LogP contribution in [0, 0.1) is 13.8 Å². The zero-order chi connectivity index (χ0) is 19.6. The molecule has 9 heteroatoms. The van der Waals surface area contributed by atoms with Gasteiger partial charge in [-0.25, -0.2) is 13.1 Å². The minimum Gasteiger partial charge on any atom is -0.322 e. The van der Waals surface area contributed by atoms with E-state index in [0.717, 1.165) is 27.0 Å². The molecule has 0 aliphatic rings. The van der Waals surface area contributed by atoms with Crippen molar-refractivity contribution in [2.45, 2.75) is 18.1 Å². The van der Waals surface area contributed by atoms with Crippen molar-refractivity contribution in [1.29, 1.82) is 0 Å². The topological polar surface area (TPSA) is 84.3 Å². The molecule has 2 heterocycles. The third-order valence-corrected chi connectivity index (χ3v) is 7.26. The number of anilines is 1. The molecular weight excluding hydrogens is 384 g/mol. The average molecular weight is 405 g/mol. The van der Waals surface area contributed by atoms with Gasteiger partial charge in [0.25, 0.3) is 10.0 Å². The summed E-state index contributed by atoms with van der Waals surface area (Å²) >= 11 is 1.12. The number of para-hydroxylation sites is 1. The van der Waals surface area contributed by atoms with Gasteiger partial charge in [0.1, 0.15) is 4.21 Å². The first-order valence-corrected chi connectivity index (χ1v) is 10.5. The van der Waals surface area contributed by atoms with Gasteiger partial charge in [-0.05, 0) is 37.4 Å². The Morgan fingerprint density at radius 3 is 2.52 bits per heavy atom. The van der Waals surface area contributed by atoms with E-state index in [1.165, 1.54) is 13.1 Å². The lowest BCUT2D eigenvalue weighted by Gasteiger charge is -2.15. The summed E-state index contributed by atoms with van der Waals surface area (Å²) in [7, 11) is -2.28. The predicted octanol–water partition coefficient (Wildman–Crippen LogP) is 2.81. The summed E-state index contributed by atoms with van der Waals surface area (Å²) in [6, 6.07) is 12.8. The van der Waals surface area contributed by atoms with Crippen molar-refractivity contribution in [3.05, 3.63) is 59.2 Å². The lowest BCUT2D eigenvalue weighted by Crippen LogP contribution is -2.34. The Bertz CT molecular complexity index is 1040. The van der Waals surface area contributed by atoms with Gasteiger partial charge < -0.3 is 5.32 Å². The molecule has 0 aliphatic heterocycles. The van der Waals surface area contributed by atoms with Crippen molar-refractivity contribution >= 4 is 33.0 Å². The number of thiophene rings is 1. The fraction of sp³-hybridized carbons (Fsp3) is 0.222. The van der Waals surface area contributed by atoms with Gasteiger partial charge in [0.2, 0.25) is 5.91 Å². The highest BCUT2D eigenvalue weighted by Crippen LogP contribution is 2.23. The number of carbonyl (C=O) groups is 1. The third kappa shape index (κ3) is 3.95. The molecule has 0 unspecified atom stereocenters. The Hall–Kier alpha value is -2.49.